The molecule has 5 nitrogen and oxygen atoms in total. The topological polar surface area (TPSA) is 77.2 Å². The Balaban J connectivity index is 1.73. The van der Waals surface area contributed by atoms with Crippen LogP contribution in [-0.4, -0.2) is 23.0 Å². The predicted molar refractivity (Wildman–Crippen MR) is 102 cm³/mol. The van der Waals surface area contributed by atoms with Gasteiger partial charge in [-0.3, -0.25) is 9.78 Å². The molecule has 0 radical (unpaired) electrons. The SMILES string of the molecule is Cc1cc(C(=O)NC(C)(CN)C2CC2)cc(C)c1OCc1cccnc1. The molecule has 1 aromatic heterocycles. The average molecular weight is 353 g/mol. The van der Waals surface area contributed by atoms with Gasteiger partial charge >= 0.3 is 0 Å². The standard InChI is InChI=1S/C21H27N3O2/c1-14-9-17(20(25)24-21(3,13-22)18-6-7-18)10-15(2)19(14)26-12-16-5-4-8-23-11-16/h4-5,8-11,18H,6-7,12-13,22H2,1-3H3,(H,24,25). The van der Waals surface area contributed by atoms with Gasteiger partial charge in [0.25, 0.3) is 5.91 Å². The monoisotopic (exact) mass is 353 g/mol. The molecule has 2 aromatic rings. The van der Waals surface area contributed by atoms with Gasteiger partial charge in [0.15, 0.2) is 0 Å². The van der Waals surface area contributed by atoms with E-state index >= 15 is 0 Å². The van der Waals surface area contributed by atoms with E-state index in [1.165, 1.54) is 0 Å². The van der Waals surface area contributed by atoms with Crippen molar-refractivity contribution in [2.45, 2.75) is 45.8 Å². The third-order valence-electron chi connectivity index (χ3n) is 5.13. The summed E-state index contributed by atoms with van der Waals surface area (Å²) in [6, 6.07) is 7.63. The molecule has 1 amide bonds. The third kappa shape index (κ3) is 4.05. The molecule has 1 saturated carbocycles. The maximum absolute atomic E-state index is 12.7. The Kier molecular flexibility index (Phi) is 5.28. The Bertz CT molecular complexity index is 764. The first kappa shape index (κ1) is 18.4. The Hall–Kier alpha value is -2.40. The summed E-state index contributed by atoms with van der Waals surface area (Å²) in [5, 5.41) is 3.14. The maximum atomic E-state index is 12.7. The summed E-state index contributed by atoms with van der Waals surface area (Å²) in [6.45, 7) is 6.87. The van der Waals surface area contributed by atoms with Gasteiger partial charge in [-0.15, -0.1) is 0 Å². The van der Waals surface area contributed by atoms with Crippen LogP contribution in [0.2, 0.25) is 0 Å². The maximum Gasteiger partial charge on any atom is 0.251 e. The van der Waals surface area contributed by atoms with E-state index in [0.29, 0.717) is 24.6 Å². The van der Waals surface area contributed by atoms with Gasteiger partial charge in [0.2, 0.25) is 0 Å². The van der Waals surface area contributed by atoms with Crippen LogP contribution in [0.4, 0.5) is 0 Å². The Morgan fingerprint density at radius 3 is 2.58 bits per heavy atom. The minimum absolute atomic E-state index is 0.0742. The number of aryl methyl sites for hydroxylation is 2. The van der Waals surface area contributed by atoms with Crippen LogP contribution >= 0.6 is 0 Å². The number of rotatable bonds is 7. The zero-order valence-electron chi connectivity index (χ0n) is 15.7. The van der Waals surface area contributed by atoms with Gasteiger partial charge in [-0.05, 0) is 68.9 Å². The summed E-state index contributed by atoms with van der Waals surface area (Å²) in [5.41, 5.74) is 9.13. The second-order valence-electron chi connectivity index (χ2n) is 7.44. The molecule has 1 atom stereocenters. The highest BCUT2D eigenvalue weighted by Gasteiger charge is 2.41. The zero-order chi connectivity index (χ0) is 18.7. The van der Waals surface area contributed by atoms with E-state index < -0.39 is 0 Å². The second kappa shape index (κ2) is 7.46. The largest absolute Gasteiger partial charge is 0.488 e. The number of nitrogens with one attached hydrogen (secondary N) is 1. The minimum atomic E-state index is -0.325. The van der Waals surface area contributed by atoms with E-state index in [9.17, 15) is 4.79 Å². The Morgan fingerprint density at radius 2 is 2.04 bits per heavy atom. The predicted octanol–water partition coefficient (Wildman–Crippen LogP) is 3.13. The highest BCUT2D eigenvalue weighted by atomic mass is 16.5. The lowest BCUT2D eigenvalue weighted by Crippen LogP contribution is -2.53. The number of aromatic nitrogens is 1. The van der Waals surface area contributed by atoms with Crippen molar-refractivity contribution in [2.75, 3.05) is 6.54 Å². The lowest BCUT2D eigenvalue weighted by molar-refractivity contribution is 0.0897. The molecule has 1 aromatic carbocycles. The summed E-state index contributed by atoms with van der Waals surface area (Å²) < 4.78 is 5.97. The number of pyridine rings is 1. The summed E-state index contributed by atoms with van der Waals surface area (Å²) in [6.07, 6.45) is 5.79. The van der Waals surface area contributed by atoms with Crippen LogP contribution in [0.1, 0.15) is 46.8 Å². The highest BCUT2D eigenvalue weighted by Crippen LogP contribution is 2.39. The number of benzene rings is 1. The van der Waals surface area contributed by atoms with E-state index in [-0.39, 0.29) is 11.4 Å². The van der Waals surface area contributed by atoms with Crippen molar-refractivity contribution in [1.82, 2.24) is 10.3 Å². The van der Waals surface area contributed by atoms with Crippen molar-refractivity contribution >= 4 is 5.91 Å². The smallest absolute Gasteiger partial charge is 0.251 e. The first-order valence-electron chi connectivity index (χ1n) is 9.08. The zero-order valence-corrected chi connectivity index (χ0v) is 15.7. The van der Waals surface area contributed by atoms with Gasteiger partial charge in [0.05, 0.1) is 5.54 Å². The third-order valence-corrected chi connectivity index (χ3v) is 5.13. The fraction of sp³-hybridized carbons (Fsp3) is 0.429. The molecule has 1 fully saturated rings. The molecule has 5 heteroatoms. The van der Waals surface area contributed by atoms with Crippen LogP contribution < -0.4 is 15.8 Å². The van der Waals surface area contributed by atoms with Gasteiger partial charge < -0.3 is 15.8 Å². The molecule has 0 bridgehead atoms. The average Bonchev–Trinajstić information content (AvgIpc) is 3.47. The van der Waals surface area contributed by atoms with Crippen LogP contribution in [0.15, 0.2) is 36.7 Å². The molecule has 138 valence electrons. The number of amides is 1. The Labute approximate surface area is 155 Å². The van der Waals surface area contributed by atoms with Crippen molar-refractivity contribution in [1.29, 1.82) is 0 Å². The van der Waals surface area contributed by atoms with Crippen molar-refractivity contribution in [3.05, 3.63) is 58.9 Å². The molecule has 0 saturated heterocycles. The molecule has 0 spiro atoms. The fourth-order valence-corrected chi connectivity index (χ4v) is 3.32. The molecule has 1 heterocycles. The van der Waals surface area contributed by atoms with E-state index in [4.69, 9.17) is 10.5 Å². The van der Waals surface area contributed by atoms with Gasteiger partial charge in [-0.2, -0.15) is 0 Å². The highest BCUT2D eigenvalue weighted by molar-refractivity contribution is 5.95. The van der Waals surface area contributed by atoms with Crippen molar-refractivity contribution in [2.24, 2.45) is 11.7 Å². The molecule has 26 heavy (non-hydrogen) atoms. The van der Waals surface area contributed by atoms with E-state index in [2.05, 4.69) is 10.3 Å². The van der Waals surface area contributed by atoms with Crippen molar-refractivity contribution in [3.63, 3.8) is 0 Å². The number of ether oxygens (including phenoxy) is 1. The van der Waals surface area contributed by atoms with E-state index in [0.717, 1.165) is 35.3 Å². The molecule has 3 N–H and O–H groups in total. The van der Waals surface area contributed by atoms with Crippen LogP contribution in [0.25, 0.3) is 0 Å². The van der Waals surface area contributed by atoms with Gasteiger partial charge in [0.1, 0.15) is 12.4 Å². The number of nitrogens with two attached hydrogens (primary N) is 1. The number of carbonyl (C=O) groups excluding carboxylic acids is 1. The van der Waals surface area contributed by atoms with Crippen molar-refractivity contribution in [3.8, 4) is 5.75 Å². The quantitative estimate of drug-likeness (QED) is 0.802. The first-order chi connectivity index (χ1) is 12.4. The molecule has 0 aliphatic heterocycles. The summed E-state index contributed by atoms with van der Waals surface area (Å²) in [4.78, 5) is 16.8. The molecular weight excluding hydrogens is 326 g/mol. The second-order valence-corrected chi connectivity index (χ2v) is 7.44. The first-order valence-corrected chi connectivity index (χ1v) is 9.08. The lowest BCUT2D eigenvalue weighted by atomic mass is 9.95. The van der Waals surface area contributed by atoms with E-state index in [1.54, 1.807) is 12.4 Å². The normalized spacial score (nSPS) is 16.0. The Morgan fingerprint density at radius 1 is 1.35 bits per heavy atom. The van der Waals surface area contributed by atoms with Crippen LogP contribution in [0.3, 0.4) is 0 Å². The molecule has 1 aliphatic rings. The number of carbonyl (C=O) groups is 1. The van der Waals surface area contributed by atoms with E-state index in [1.807, 2.05) is 45.0 Å². The van der Waals surface area contributed by atoms with Crippen LogP contribution in [0, 0.1) is 19.8 Å². The van der Waals surface area contributed by atoms with Gasteiger partial charge in [0, 0.05) is 30.1 Å². The number of hydrogen-bond acceptors (Lipinski definition) is 4. The molecule has 1 aliphatic carbocycles. The fourth-order valence-electron chi connectivity index (χ4n) is 3.32. The van der Waals surface area contributed by atoms with Crippen molar-refractivity contribution < 1.29 is 9.53 Å². The number of hydrogen-bond donors (Lipinski definition) is 2. The molecule has 1 unspecified atom stereocenters. The lowest BCUT2D eigenvalue weighted by Gasteiger charge is -2.29. The van der Waals surface area contributed by atoms with Crippen LogP contribution in [0.5, 0.6) is 5.75 Å². The minimum Gasteiger partial charge on any atom is -0.488 e. The summed E-state index contributed by atoms with van der Waals surface area (Å²) >= 11 is 0. The van der Waals surface area contributed by atoms with Crippen LogP contribution in [-0.2, 0) is 6.61 Å². The van der Waals surface area contributed by atoms with Gasteiger partial charge in [-0.1, -0.05) is 6.07 Å². The number of nitrogens with zero attached hydrogens (tertiary/aromatic N) is 1. The molecule has 3 rings (SSSR count). The molecular formula is C21H27N3O2. The summed E-state index contributed by atoms with van der Waals surface area (Å²) in [7, 11) is 0. The summed E-state index contributed by atoms with van der Waals surface area (Å²) in [5.74, 6) is 1.23. The van der Waals surface area contributed by atoms with Gasteiger partial charge in [-0.25, -0.2) is 0 Å².